The third-order valence-corrected chi connectivity index (χ3v) is 12.5. The Morgan fingerprint density at radius 2 is 1.36 bits per heavy atom. The van der Waals surface area contributed by atoms with E-state index in [4.69, 9.17) is 4.74 Å². The summed E-state index contributed by atoms with van der Waals surface area (Å²) in [6, 6.07) is 41.0. The van der Waals surface area contributed by atoms with Gasteiger partial charge >= 0.3 is 0 Å². The highest BCUT2D eigenvalue weighted by molar-refractivity contribution is 5.70. The van der Waals surface area contributed by atoms with Crippen LogP contribution in [-0.2, 0) is 10.2 Å². The fourth-order valence-corrected chi connectivity index (χ4v) is 10.5. The summed E-state index contributed by atoms with van der Waals surface area (Å²) >= 11 is 0. The minimum Gasteiger partial charge on any atom is -0.376 e. The van der Waals surface area contributed by atoms with Crippen molar-refractivity contribution < 1.29 is 4.74 Å². The molecule has 0 saturated heterocycles. The molecular formula is C48H61NO. The first-order valence-electron chi connectivity index (χ1n) is 20.0. The van der Waals surface area contributed by atoms with Crippen molar-refractivity contribution in [3.05, 3.63) is 137 Å². The van der Waals surface area contributed by atoms with Crippen LogP contribution in [0.3, 0.4) is 0 Å². The topological polar surface area (TPSA) is 12.5 Å². The van der Waals surface area contributed by atoms with Crippen molar-refractivity contribution in [2.75, 3.05) is 18.1 Å². The summed E-state index contributed by atoms with van der Waals surface area (Å²) in [5.41, 5.74) is 10.5. The third kappa shape index (κ3) is 6.70. The number of anilines is 1. The Hall–Kier alpha value is -3.36. The van der Waals surface area contributed by atoms with Crippen LogP contribution < -0.4 is 4.90 Å². The number of rotatable bonds is 14. The summed E-state index contributed by atoms with van der Waals surface area (Å²) in [5.74, 6) is 2.14. The second kappa shape index (κ2) is 15.1. The lowest BCUT2D eigenvalue weighted by Gasteiger charge is -2.48. The van der Waals surface area contributed by atoms with Crippen LogP contribution in [0.25, 0.3) is 0 Å². The molecule has 1 heterocycles. The summed E-state index contributed by atoms with van der Waals surface area (Å²) in [6.45, 7) is 13.1. The minimum absolute atomic E-state index is 0.0318. The number of hydrogen-bond acceptors (Lipinski definition) is 2. The minimum atomic E-state index is -0.126. The first-order chi connectivity index (χ1) is 24.3. The Bertz CT molecular complexity index is 1650. The highest BCUT2D eigenvalue weighted by Crippen LogP contribution is 2.69. The van der Waals surface area contributed by atoms with Crippen molar-refractivity contribution in [2.24, 2.45) is 11.8 Å². The van der Waals surface area contributed by atoms with Crippen molar-refractivity contribution in [1.29, 1.82) is 0 Å². The van der Waals surface area contributed by atoms with Gasteiger partial charge in [-0.3, -0.25) is 0 Å². The van der Waals surface area contributed by atoms with E-state index < -0.39 is 0 Å². The highest BCUT2D eigenvalue weighted by atomic mass is 16.5. The van der Waals surface area contributed by atoms with Crippen LogP contribution >= 0.6 is 0 Å². The van der Waals surface area contributed by atoms with E-state index in [2.05, 4.69) is 143 Å². The van der Waals surface area contributed by atoms with Gasteiger partial charge in [0.25, 0.3) is 0 Å². The van der Waals surface area contributed by atoms with Crippen LogP contribution in [0.4, 0.5) is 5.69 Å². The molecule has 264 valence electrons. The molecule has 7 rings (SSSR count). The lowest BCUT2D eigenvalue weighted by atomic mass is 9.54. The van der Waals surface area contributed by atoms with Crippen molar-refractivity contribution in [1.82, 2.24) is 0 Å². The van der Waals surface area contributed by atoms with Gasteiger partial charge in [-0.1, -0.05) is 148 Å². The molecule has 0 N–H and O–H groups in total. The molecule has 2 aliphatic carbocycles. The van der Waals surface area contributed by atoms with E-state index in [1.807, 2.05) is 0 Å². The zero-order valence-electron chi connectivity index (χ0n) is 31.5. The average Bonchev–Trinajstić information content (AvgIpc) is 3.81. The Labute approximate surface area is 303 Å². The van der Waals surface area contributed by atoms with Gasteiger partial charge in [-0.2, -0.15) is 0 Å². The maximum absolute atomic E-state index is 6.00. The molecule has 1 fully saturated rings. The number of fused-ring (bicyclic) bond motifs is 5. The molecule has 0 radical (unpaired) electrons. The molecular weight excluding hydrogens is 607 g/mol. The van der Waals surface area contributed by atoms with E-state index >= 15 is 0 Å². The fourth-order valence-electron chi connectivity index (χ4n) is 10.5. The van der Waals surface area contributed by atoms with Crippen LogP contribution in [-0.4, -0.2) is 18.8 Å². The van der Waals surface area contributed by atoms with Gasteiger partial charge in [0, 0.05) is 36.1 Å². The molecule has 5 unspecified atom stereocenters. The summed E-state index contributed by atoms with van der Waals surface area (Å²) in [6.07, 6.45) is 12.9. The molecule has 2 heteroatoms. The SMILES string of the molecule is CCCCN1c2ccc(C)cc2C2C1c1ccccc1C2C(c1ccccc1)(c1ccccc1)C1CCC(CCCCCCOC(C)(C)C)C1. The molecule has 4 aromatic carbocycles. The van der Waals surface area contributed by atoms with Crippen molar-refractivity contribution >= 4 is 5.69 Å². The molecule has 50 heavy (non-hydrogen) atoms. The zero-order valence-corrected chi connectivity index (χ0v) is 31.5. The predicted octanol–water partition coefficient (Wildman–Crippen LogP) is 12.7. The van der Waals surface area contributed by atoms with Crippen LogP contribution in [0, 0.1) is 18.8 Å². The Morgan fingerprint density at radius 3 is 2.04 bits per heavy atom. The van der Waals surface area contributed by atoms with Gasteiger partial charge in [0.05, 0.1) is 11.6 Å². The lowest BCUT2D eigenvalue weighted by Crippen LogP contribution is -2.43. The van der Waals surface area contributed by atoms with Crippen molar-refractivity contribution in [3.8, 4) is 0 Å². The lowest BCUT2D eigenvalue weighted by molar-refractivity contribution is -0.00476. The molecule has 0 spiro atoms. The smallest absolute Gasteiger partial charge is 0.0620 e. The molecule has 2 nitrogen and oxygen atoms in total. The molecule has 4 aromatic rings. The molecule has 5 atom stereocenters. The highest BCUT2D eigenvalue weighted by Gasteiger charge is 2.60. The number of nitrogens with zero attached hydrogens (tertiary/aromatic N) is 1. The number of benzene rings is 4. The zero-order chi connectivity index (χ0) is 34.7. The first-order valence-corrected chi connectivity index (χ1v) is 20.0. The van der Waals surface area contributed by atoms with Crippen molar-refractivity contribution in [2.45, 2.75) is 128 Å². The van der Waals surface area contributed by atoms with Gasteiger partial charge in [0.15, 0.2) is 0 Å². The van der Waals surface area contributed by atoms with Gasteiger partial charge in [-0.25, -0.2) is 0 Å². The number of unbranched alkanes of at least 4 members (excludes halogenated alkanes) is 4. The number of aryl methyl sites for hydroxylation is 1. The van der Waals surface area contributed by atoms with Gasteiger partial charge in [0.1, 0.15) is 0 Å². The summed E-state index contributed by atoms with van der Waals surface area (Å²) in [4.78, 5) is 2.81. The summed E-state index contributed by atoms with van der Waals surface area (Å²) in [7, 11) is 0. The van der Waals surface area contributed by atoms with Gasteiger partial charge < -0.3 is 9.64 Å². The van der Waals surface area contributed by atoms with E-state index in [1.165, 1.54) is 86.6 Å². The Kier molecular flexibility index (Phi) is 10.6. The van der Waals surface area contributed by atoms with Gasteiger partial charge in [0.2, 0.25) is 0 Å². The van der Waals surface area contributed by atoms with E-state index in [9.17, 15) is 0 Å². The van der Waals surface area contributed by atoms with E-state index in [-0.39, 0.29) is 11.0 Å². The Morgan fingerprint density at radius 1 is 0.700 bits per heavy atom. The number of ether oxygens (including phenoxy) is 1. The maximum Gasteiger partial charge on any atom is 0.0620 e. The predicted molar refractivity (Wildman–Crippen MR) is 211 cm³/mol. The van der Waals surface area contributed by atoms with E-state index in [0.29, 0.717) is 23.8 Å². The normalized spacial score (nSPS) is 22.8. The third-order valence-electron chi connectivity index (χ3n) is 12.5. The van der Waals surface area contributed by atoms with Gasteiger partial charge in [-0.05, 0) is 99.1 Å². The van der Waals surface area contributed by atoms with Gasteiger partial charge in [-0.15, -0.1) is 0 Å². The van der Waals surface area contributed by atoms with Crippen LogP contribution in [0.1, 0.15) is 143 Å². The number of hydrogen-bond donors (Lipinski definition) is 0. The molecule has 3 aliphatic rings. The standard InChI is InChI=1S/C48H61NO/c1-6-7-31-49-43-30-27-35(2)33-42(43)44-45(40-25-17-18-26-41(40)46(44)49)48(37-21-13-10-14-22-37,38-23-15-11-16-24-38)39-29-28-36(34-39)20-12-8-9-19-32-50-47(3,4)5/h10-11,13-18,21-27,30,33,36,39,44-46H,6-9,12,19-20,28-29,31-32,34H2,1-5H3. The molecule has 0 aromatic heterocycles. The molecule has 0 bridgehead atoms. The average molecular weight is 668 g/mol. The second-order valence-corrected chi connectivity index (χ2v) is 16.8. The summed E-state index contributed by atoms with van der Waals surface area (Å²) in [5, 5.41) is 0. The van der Waals surface area contributed by atoms with Crippen molar-refractivity contribution in [3.63, 3.8) is 0 Å². The first kappa shape index (κ1) is 35.1. The maximum atomic E-state index is 6.00. The van der Waals surface area contributed by atoms with Crippen LogP contribution in [0.15, 0.2) is 103 Å². The molecule has 1 saturated carbocycles. The van der Waals surface area contributed by atoms with Crippen LogP contribution in [0.2, 0.25) is 0 Å². The fraction of sp³-hybridized carbons (Fsp3) is 0.500. The Balaban J connectivity index is 1.29. The second-order valence-electron chi connectivity index (χ2n) is 16.8. The van der Waals surface area contributed by atoms with E-state index in [1.54, 1.807) is 16.7 Å². The summed E-state index contributed by atoms with van der Waals surface area (Å²) < 4.78 is 6.00. The largest absolute Gasteiger partial charge is 0.376 e. The van der Waals surface area contributed by atoms with E-state index in [0.717, 1.165) is 19.1 Å². The molecule has 0 amide bonds. The molecule has 1 aliphatic heterocycles. The monoisotopic (exact) mass is 667 g/mol. The quantitative estimate of drug-likeness (QED) is 0.124. The van der Waals surface area contributed by atoms with Crippen LogP contribution in [0.5, 0.6) is 0 Å².